The van der Waals surface area contributed by atoms with Crippen LogP contribution in [0.4, 0.5) is 5.95 Å². The molecule has 0 saturated heterocycles. The van der Waals surface area contributed by atoms with E-state index in [1.807, 2.05) is 18.5 Å². The van der Waals surface area contributed by atoms with Crippen molar-refractivity contribution in [1.29, 1.82) is 0 Å². The van der Waals surface area contributed by atoms with Crippen molar-refractivity contribution in [1.82, 2.24) is 9.55 Å². The highest BCUT2D eigenvalue weighted by Crippen LogP contribution is 2.34. The fraction of sp³-hybridized carbons (Fsp3) is 0.357. The Hall–Kier alpha value is -1.97. The highest BCUT2D eigenvalue weighted by Gasteiger charge is 2.23. The molecule has 3 rings (SSSR count). The second-order valence-electron chi connectivity index (χ2n) is 4.63. The van der Waals surface area contributed by atoms with Gasteiger partial charge in [0.05, 0.1) is 13.2 Å². The Bertz CT molecular complexity index is 562. The van der Waals surface area contributed by atoms with Crippen LogP contribution in [0.2, 0.25) is 0 Å². The van der Waals surface area contributed by atoms with Gasteiger partial charge in [0.2, 0.25) is 5.95 Å². The molecule has 1 aromatic heterocycles. The predicted octanol–water partition coefficient (Wildman–Crippen LogP) is 2.61. The minimum Gasteiger partial charge on any atom is -0.496 e. The molecule has 1 unspecified atom stereocenters. The largest absolute Gasteiger partial charge is 0.496 e. The molecule has 0 saturated carbocycles. The second-order valence-corrected chi connectivity index (χ2v) is 4.63. The van der Waals surface area contributed by atoms with Gasteiger partial charge in [-0.25, -0.2) is 4.98 Å². The maximum absolute atomic E-state index is 5.49. The monoisotopic (exact) mass is 243 g/mol. The molecule has 1 N–H and O–H groups in total. The molecule has 4 heteroatoms. The summed E-state index contributed by atoms with van der Waals surface area (Å²) in [5.74, 6) is 1.89. The van der Waals surface area contributed by atoms with Crippen molar-refractivity contribution in [2.45, 2.75) is 19.4 Å². The summed E-state index contributed by atoms with van der Waals surface area (Å²) in [6, 6.07) is 6.64. The standard InChI is InChI=1S/C14H17N3O/c1-10-3-4-13(18-2)11(9-10)12-5-6-15-14-16-7-8-17(12)14/h3-4,7-9,12H,5-6H2,1-2H3,(H,15,16). The molecular weight excluding hydrogens is 226 g/mol. The van der Waals surface area contributed by atoms with Crippen molar-refractivity contribution in [2.24, 2.45) is 0 Å². The number of methoxy groups -OCH3 is 1. The van der Waals surface area contributed by atoms with Crippen LogP contribution in [0.5, 0.6) is 5.75 Å². The number of nitrogens with zero attached hydrogens (tertiary/aromatic N) is 2. The smallest absolute Gasteiger partial charge is 0.203 e. The SMILES string of the molecule is COc1ccc(C)cc1C1CCNc2nccn21. The number of hydrogen-bond donors (Lipinski definition) is 1. The number of rotatable bonds is 2. The molecule has 94 valence electrons. The number of benzene rings is 1. The lowest BCUT2D eigenvalue weighted by atomic mass is 9.99. The van der Waals surface area contributed by atoms with Crippen molar-refractivity contribution in [3.63, 3.8) is 0 Å². The van der Waals surface area contributed by atoms with Gasteiger partial charge in [0.1, 0.15) is 5.75 Å². The number of nitrogens with one attached hydrogen (secondary N) is 1. The molecule has 1 aliphatic rings. The molecule has 0 bridgehead atoms. The van der Waals surface area contributed by atoms with Gasteiger partial charge in [-0.3, -0.25) is 0 Å². The Labute approximate surface area is 107 Å². The number of ether oxygens (including phenoxy) is 1. The van der Waals surface area contributed by atoms with Crippen molar-refractivity contribution >= 4 is 5.95 Å². The third kappa shape index (κ3) is 1.74. The van der Waals surface area contributed by atoms with Gasteiger partial charge < -0.3 is 14.6 Å². The Morgan fingerprint density at radius 3 is 3.17 bits per heavy atom. The van der Waals surface area contributed by atoms with E-state index >= 15 is 0 Å². The molecular formula is C14H17N3O. The molecule has 2 heterocycles. The Kier molecular flexibility index (Phi) is 2.70. The summed E-state index contributed by atoms with van der Waals surface area (Å²) in [4.78, 5) is 4.32. The zero-order valence-corrected chi connectivity index (χ0v) is 10.7. The molecule has 1 aliphatic heterocycles. The molecule has 4 nitrogen and oxygen atoms in total. The van der Waals surface area contributed by atoms with Crippen molar-refractivity contribution in [2.75, 3.05) is 19.0 Å². The lowest BCUT2D eigenvalue weighted by Gasteiger charge is -2.27. The van der Waals surface area contributed by atoms with Crippen molar-refractivity contribution in [3.8, 4) is 5.75 Å². The second kappa shape index (κ2) is 4.37. The molecule has 0 radical (unpaired) electrons. The van der Waals surface area contributed by atoms with E-state index in [-0.39, 0.29) is 0 Å². The zero-order valence-electron chi connectivity index (χ0n) is 10.7. The van der Waals surface area contributed by atoms with E-state index in [2.05, 4.69) is 33.9 Å². The molecule has 0 aliphatic carbocycles. The Balaban J connectivity index is 2.09. The fourth-order valence-electron chi connectivity index (χ4n) is 2.58. The van der Waals surface area contributed by atoms with Gasteiger partial charge in [-0.1, -0.05) is 17.7 Å². The van der Waals surface area contributed by atoms with Crippen LogP contribution in [0, 0.1) is 6.92 Å². The van der Waals surface area contributed by atoms with Gasteiger partial charge >= 0.3 is 0 Å². The average molecular weight is 243 g/mol. The summed E-state index contributed by atoms with van der Waals surface area (Å²) in [6.45, 7) is 3.05. The third-order valence-corrected chi connectivity index (χ3v) is 3.45. The molecule has 0 amide bonds. The minimum absolute atomic E-state index is 0.304. The number of imidazole rings is 1. The van der Waals surface area contributed by atoms with Gasteiger partial charge in [0.25, 0.3) is 0 Å². The van der Waals surface area contributed by atoms with E-state index in [1.165, 1.54) is 11.1 Å². The van der Waals surface area contributed by atoms with E-state index < -0.39 is 0 Å². The first-order valence-corrected chi connectivity index (χ1v) is 6.21. The summed E-state index contributed by atoms with van der Waals surface area (Å²) in [5, 5.41) is 3.31. The van der Waals surface area contributed by atoms with Crippen LogP contribution >= 0.6 is 0 Å². The first kappa shape index (κ1) is 11.1. The van der Waals surface area contributed by atoms with Gasteiger partial charge in [0.15, 0.2) is 0 Å². The topological polar surface area (TPSA) is 39.1 Å². The van der Waals surface area contributed by atoms with Gasteiger partial charge in [-0.2, -0.15) is 0 Å². The first-order chi connectivity index (χ1) is 8.79. The normalized spacial score (nSPS) is 18.0. The van der Waals surface area contributed by atoms with Gasteiger partial charge in [0, 0.05) is 24.5 Å². The third-order valence-electron chi connectivity index (χ3n) is 3.45. The minimum atomic E-state index is 0.304. The van der Waals surface area contributed by atoms with Crippen molar-refractivity contribution in [3.05, 3.63) is 41.7 Å². The fourth-order valence-corrected chi connectivity index (χ4v) is 2.58. The number of aromatic nitrogens is 2. The molecule has 2 aromatic rings. The highest BCUT2D eigenvalue weighted by atomic mass is 16.5. The van der Waals surface area contributed by atoms with Crippen LogP contribution in [0.15, 0.2) is 30.6 Å². The first-order valence-electron chi connectivity index (χ1n) is 6.21. The lowest BCUT2D eigenvalue weighted by Crippen LogP contribution is -2.23. The Morgan fingerprint density at radius 1 is 1.44 bits per heavy atom. The van der Waals surface area contributed by atoms with E-state index in [9.17, 15) is 0 Å². The Morgan fingerprint density at radius 2 is 2.33 bits per heavy atom. The van der Waals surface area contributed by atoms with Crippen LogP contribution in [0.1, 0.15) is 23.6 Å². The quantitative estimate of drug-likeness (QED) is 0.881. The molecule has 18 heavy (non-hydrogen) atoms. The van der Waals surface area contributed by atoms with Crippen LogP contribution in [-0.2, 0) is 0 Å². The number of hydrogen-bond acceptors (Lipinski definition) is 3. The van der Waals surface area contributed by atoms with Gasteiger partial charge in [-0.15, -0.1) is 0 Å². The van der Waals surface area contributed by atoms with E-state index in [0.29, 0.717) is 6.04 Å². The van der Waals surface area contributed by atoms with Crippen LogP contribution < -0.4 is 10.1 Å². The van der Waals surface area contributed by atoms with Crippen LogP contribution in [0.25, 0.3) is 0 Å². The van der Waals surface area contributed by atoms with E-state index in [0.717, 1.165) is 24.7 Å². The van der Waals surface area contributed by atoms with E-state index in [1.54, 1.807) is 7.11 Å². The number of aryl methyl sites for hydroxylation is 1. The summed E-state index contributed by atoms with van der Waals surface area (Å²) >= 11 is 0. The summed E-state index contributed by atoms with van der Waals surface area (Å²) in [5.41, 5.74) is 2.49. The maximum atomic E-state index is 5.49. The molecule has 0 fully saturated rings. The molecule has 1 atom stereocenters. The zero-order chi connectivity index (χ0) is 12.5. The molecule has 0 spiro atoms. The summed E-state index contributed by atoms with van der Waals surface area (Å²) in [6.07, 6.45) is 4.90. The number of fused-ring (bicyclic) bond motifs is 1. The van der Waals surface area contributed by atoms with Crippen molar-refractivity contribution < 1.29 is 4.74 Å². The molecule has 1 aromatic carbocycles. The lowest BCUT2D eigenvalue weighted by molar-refractivity contribution is 0.397. The summed E-state index contributed by atoms with van der Waals surface area (Å²) in [7, 11) is 1.73. The maximum Gasteiger partial charge on any atom is 0.203 e. The van der Waals surface area contributed by atoms with E-state index in [4.69, 9.17) is 4.74 Å². The average Bonchev–Trinajstić information content (AvgIpc) is 2.86. The highest BCUT2D eigenvalue weighted by molar-refractivity contribution is 5.42. The van der Waals surface area contributed by atoms with Crippen LogP contribution in [-0.4, -0.2) is 23.2 Å². The van der Waals surface area contributed by atoms with Crippen LogP contribution in [0.3, 0.4) is 0 Å². The number of anilines is 1. The summed E-state index contributed by atoms with van der Waals surface area (Å²) < 4.78 is 7.67. The predicted molar refractivity (Wildman–Crippen MR) is 71.2 cm³/mol. The van der Waals surface area contributed by atoms with Gasteiger partial charge in [-0.05, 0) is 19.4 Å².